The van der Waals surface area contributed by atoms with Gasteiger partial charge in [-0.15, -0.1) is 0 Å². The number of hydrogen-bond acceptors (Lipinski definition) is 2. The molecule has 0 unspecified atom stereocenters. The normalized spacial score (nSPS) is 12.0. The van der Waals surface area contributed by atoms with Crippen molar-refractivity contribution in [2.75, 3.05) is 0 Å². The number of aliphatic hydroxyl groups is 1. The van der Waals surface area contributed by atoms with Crippen LogP contribution in [-0.4, -0.2) is 5.11 Å². The van der Waals surface area contributed by atoms with Crippen LogP contribution >= 0.6 is 0 Å². The molecule has 10 heavy (non-hydrogen) atoms. The van der Waals surface area contributed by atoms with Crippen LogP contribution in [0.2, 0.25) is 0 Å². The molecule has 0 saturated carbocycles. The van der Waals surface area contributed by atoms with Crippen LogP contribution in [0.25, 0.3) is 0 Å². The number of hydrogen-bond donors (Lipinski definition) is 1. The van der Waals surface area contributed by atoms with Crippen LogP contribution in [0, 0.1) is 6.92 Å². The van der Waals surface area contributed by atoms with Crippen molar-refractivity contribution in [2.24, 2.45) is 0 Å². The molecule has 2 heteroatoms. The highest BCUT2D eigenvalue weighted by atomic mass is 16.3. The van der Waals surface area contributed by atoms with E-state index in [1.807, 2.05) is 13.0 Å². The predicted molar refractivity (Wildman–Crippen MR) is 38.7 cm³/mol. The lowest BCUT2D eigenvalue weighted by Gasteiger charge is -2.13. The molecule has 0 aliphatic rings. The van der Waals surface area contributed by atoms with E-state index in [0.29, 0.717) is 0 Å². The molecule has 1 rings (SSSR count). The quantitative estimate of drug-likeness (QED) is 0.645. The Morgan fingerprint density at radius 1 is 1.50 bits per heavy atom. The van der Waals surface area contributed by atoms with Crippen molar-refractivity contribution in [3.63, 3.8) is 0 Å². The Bertz CT molecular complexity index is 217. The fourth-order valence-electron chi connectivity index (χ4n) is 0.764. The van der Waals surface area contributed by atoms with E-state index in [1.54, 1.807) is 20.1 Å². The van der Waals surface area contributed by atoms with Gasteiger partial charge in [-0.1, -0.05) is 0 Å². The third-order valence-corrected chi connectivity index (χ3v) is 1.44. The highest BCUT2D eigenvalue weighted by Crippen LogP contribution is 2.21. The predicted octanol–water partition coefficient (Wildman–Crippen LogP) is 1.82. The Kier molecular flexibility index (Phi) is 1.57. The molecule has 1 aromatic rings. The van der Waals surface area contributed by atoms with Gasteiger partial charge in [-0.3, -0.25) is 0 Å². The maximum atomic E-state index is 9.44. The third-order valence-electron chi connectivity index (χ3n) is 1.44. The van der Waals surface area contributed by atoms with Gasteiger partial charge in [-0.25, -0.2) is 0 Å². The molecule has 2 nitrogen and oxygen atoms in total. The first-order chi connectivity index (χ1) is 4.50. The fraction of sp³-hybridized carbons (Fsp3) is 0.500. The zero-order valence-corrected chi connectivity index (χ0v) is 6.51. The molecule has 1 heterocycles. The van der Waals surface area contributed by atoms with Crippen molar-refractivity contribution in [2.45, 2.75) is 26.4 Å². The van der Waals surface area contributed by atoms with Crippen molar-refractivity contribution in [1.82, 2.24) is 0 Å². The number of rotatable bonds is 1. The van der Waals surface area contributed by atoms with Gasteiger partial charge in [0.25, 0.3) is 0 Å². The number of aryl methyl sites for hydroxylation is 1. The molecule has 0 aromatic carbocycles. The molecule has 1 N–H and O–H groups in total. The second kappa shape index (κ2) is 2.13. The lowest BCUT2D eigenvalue weighted by atomic mass is 10.0. The molecule has 0 atom stereocenters. The zero-order valence-electron chi connectivity index (χ0n) is 6.51. The molecule has 0 amide bonds. The van der Waals surface area contributed by atoms with E-state index in [1.165, 1.54) is 0 Å². The molecule has 0 fully saturated rings. The lowest BCUT2D eigenvalue weighted by Crippen LogP contribution is -2.13. The molecule has 1 aromatic heterocycles. The Morgan fingerprint density at radius 2 is 2.10 bits per heavy atom. The van der Waals surface area contributed by atoms with Crippen molar-refractivity contribution >= 4 is 0 Å². The van der Waals surface area contributed by atoms with Crippen LogP contribution in [0.15, 0.2) is 16.7 Å². The molecule has 0 bridgehead atoms. The van der Waals surface area contributed by atoms with Crippen LogP contribution in [0.1, 0.15) is 25.2 Å². The van der Waals surface area contributed by atoms with E-state index in [0.717, 1.165) is 11.3 Å². The first-order valence-electron chi connectivity index (χ1n) is 3.28. The lowest BCUT2D eigenvalue weighted by molar-refractivity contribution is 0.0779. The zero-order chi connectivity index (χ0) is 7.78. The third kappa shape index (κ3) is 1.39. The van der Waals surface area contributed by atoms with Crippen LogP contribution in [-0.2, 0) is 5.60 Å². The molecule has 0 aliphatic heterocycles. The Hall–Kier alpha value is -0.760. The van der Waals surface area contributed by atoms with Crippen molar-refractivity contribution in [1.29, 1.82) is 0 Å². The summed E-state index contributed by atoms with van der Waals surface area (Å²) in [6, 6.07) is 1.83. The average Bonchev–Trinajstić information content (AvgIpc) is 2.11. The van der Waals surface area contributed by atoms with E-state index in [2.05, 4.69) is 0 Å². The van der Waals surface area contributed by atoms with Gasteiger partial charge in [-0.2, -0.15) is 0 Å². The first-order valence-corrected chi connectivity index (χ1v) is 3.28. The SMILES string of the molecule is Cc1cc(C(C)(C)O)co1. The van der Waals surface area contributed by atoms with E-state index >= 15 is 0 Å². The van der Waals surface area contributed by atoms with E-state index in [4.69, 9.17) is 4.42 Å². The smallest absolute Gasteiger partial charge is 0.101 e. The molecule has 56 valence electrons. The first kappa shape index (κ1) is 7.35. The molecule has 0 aliphatic carbocycles. The number of furan rings is 1. The molecule has 0 saturated heterocycles. The van der Waals surface area contributed by atoms with Gasteiger partial charge in [0.05, 0.1) is 11.9 Å². The molecule has 0 radical (unpaired) electrons. The van der Waals surface area contributed by atoms with Crippen LogP contribution < -0.4 is 0 Å². The fourth-order valence-corrected chi connectivity index (χ4v) is 0.764. The summed E-state index contributed by atoms with van der Waals surface area (Å²) in [5.74, 6) is 0.831. The summed E-state index contributed by atoms with van der Waals surface area (Å²) in [7, 11) is 0. The van der Waals surface area contributed by atoms with Gasteiger partial charge < -0.3 is 9.52 Å². The minimum absolute atomic E-state index is 0.780. The Morgan fingerprint density at radius 3 is 2.30 bits per heavy atom. The highest BCUT2D eigenvalue weighted by molar-refractivity contribution is 5.17. The average molecular weight is 140 g/mol. The largest absolute Gasteiger partial charge is 0.469 e. The second-order valence-electron chi connectivity index (χ2n) is 3.01. The minimum atomic E-state index is -0.780. The molecular formula is C8H12O2. The summed E-state index contributed by atoms with van der Waals surface area (Å²) in [6.07, 6.45) is 1.58. The minimum Gasteiger partial charge on any atom is -0.469 e. The summed E-state index contributed by atoms with van der Waals surface area (Å²) < 4.78 is 5.03. The van der Waals surface area contributed by atoms with Crippen molar-refractivity contribution < 1.29 is 9.52 Å². The second-order valence-corrected chi connectivity index (χ2v) is 3.01. The van der Waals surface area contributed by atoms with Crippen LogP contribution in [0.4, 0.5) is 0 Å². The van der Waals surface area contributed by atoms with Crippen molar-refractivity contribution in [3.8, 4) is 0 Å². The van der Waals surface area contributed by atoms with Gasteiger partial charge in [0.1, 0.15) is 5.76 Å². The maximum absolute atomic E-state index is 9.44. The van der Waals surface area contributed by atoms with Crippen molar-refractivity contribution in [3.05, 3.63) is 23.7 Å². The van der Waals surface area contributed by atoms with E-state index < -0.39 is 5.60 Å². The molecular weight excluding hydrogens is 128 g/mol. The Balaban J connectivity index is 2.96. The summed E-state index contributed by atoms with van der Waals surface area (Å²) in [5.41, 5.74) is 0.0441. The van der Waals surface area contributed by atoms with E-state index in [-0.39, 0.29) is 0 Å². The topological polar surface area (TPSA) is 33.4 Å². The van der Waals surface area contributed by atoms with Gasteiger partial charge >= 0.3 is 0 Å². The summed E-state index contributed by atoms with van der Waals surface area (Å²) in [5, 5.41) is 9.44. The van der Waals surface area contributed by atoms with Gasteiger partial charge in [-0.05, 0) is 26.8 Å². The van der Waals surface area contributed by atoms with E-state index in [9.17, 15) is 5.11 Å². The summed E-state index contributed by atoms with van der Waals surface area (Å²) >= 11 is 0. The molecule has 0 spiro atoms. The summed E-state index contributed by atoms with van der Waals surface area (Å²) in [4.78, 5) is 0. The standard InChI is InChI=1S/C8H12O2/c1-6-4-7(5-10-6)8(2,3)9/h4-5,9H,1-3H3. The van der Waals surface area contributed by atoms with Gasteiger partial charge in [0.15, 0.2) is 0 Å². The maximum Gasteiger partial charge on any atom is 0.101 e. The monoisotopic (exact) mass is 140 g/mol. The summed E-state index contributed by atoms with van der Waals surface area (Å²) in [6.45, 7) is 5.32. The Labute approximate surface area is 60.5 Å². The van der Waals surface area contributed by atoms with Gasteiger partial charge in [0, 0.05) is 5.56 Å². The van der Waals surface area contributed by atoms with Crippen LogP contribution in [0.3, 0.4) is 0 Å². The van der Waals surface area contributed by atoms with Crippen LogP contribution in [0.5, 0.6) is 0 Å². The highest BCUT2D eigenvalue weighted by Gasteiger charge is 2.17. The van der Waals surface area contributed by atoms with Gasteiger partial charge in [0.2, 0.25) is 0 Å².